The van der Waals surface area contributed by atoms with Crippen LogP contribution in [-0.2, 0) is 33.2 Å². The normalized spacial score (nSPS) is 53.6. The van der Waals surface area contributed by atoms with Crippen molar-refractivity contribution in [3.05, 3.63) is 23.0 Å². The first-order chi connectivity index (χ1) is 31.8. The van der Waals surface area contributed by atoms with Crippen LogP contribution in [0, 0.1) is 44.3 Å². The lowest BCUT2D eigenvalue weighted by atomic mass is 9.34. The number of hydrogen-bond acceptors (Lipinski definition) is 19. The standard InChI is InChI=1S/C49H80O19/c1-22-31(54)33(56)37(60)42(64-22)68-39-27(19-63-41-36(59)34(57)32(55)26(18-50)65-41)66-43(38(61)35(39)58)67-30-10-11-46(5)28(44(30,2)3)9-12-47(6)40(46)25(62-8)15-23-24-16-45(4,20-51)13-14-49(24,21-52)29(53)17-48(23,47)7/h15,22,26-43,50-61H,9-14,16-21H2,1-8H3/t22-,26+,27+,28-,29-,30-,31-,32+,33+,34-,35+,36+,37+,38+,39-,40+,41+,42-,43-,45+,46-,47+,48+,49+/m0/s1. The number of aliphatic hydroxyl groups excluding tert-OH is 12. The molecule has 19 heteroatoms. The molecule has 68 heavy (non-hydrogen) atoms. The molecule has 12 N–H and O–H groups in total. The monoisotopic (exact) mass is 973 g/mol. The van der Waals surface area contributed by atoms with Crippen molar-refractivity contribution in [2.45, 2.75) is 204 Å². The van der Waals surface area contributed by atoms with Crippen molar-refractivity contribution in [1.82, 2.24) is 0 Å². The van der Waals surface area contributed by atoms with Gasteiger partial charge in [0.2, 0.25) is 0 Å². The van der Waals surface area contributed by atoms with Gasteiger partial charge in [-0.25, -0.2) is 0 Å². The number of ether oxygens (including phenoxy) is 7. The van der Waals surface area contributed by atoms with Crippen LogP contribution in [-0.4, -0.2) is 199 Å². The predicted octanol–water partition coefficient (Wildman–Crippen LogP) is -0.521. The summed E-state index contributed by atoms with van der Waals surface area (Å²) in [5.74, 6) is 0.788. The van der Waals surface area contributed by atoms with Gasteiger partial charge in [-0.15, -0.1) is 0 Å². The zero-order chi connectivity index (χ0) is 49.8. The van der Waals surface area contributed by atoms with E-state index in [1.807, 2.05) is 0 Å². The lowest BCUT2D eigenvalue weighted by Gasteiger charge is -2.70. The van der Waals surface area contributed by atoms with E-state index < -0.39 is 139 Å². The molecule has 0 radical (unpaired) electrons. The van der Waals surface area contributed by atoms with Gasteiger partial charge in [-0.1, -0.05) is 47.1 Å². The van der Waals surface area contributed by atoms with Crippen molar-refractivity contribution in [1.29, 1.82) is 0 Å². The highest BCUT2D eigenvalue weighted by atomic mass is 16.8. The summed E-state index contributed by atoms with van der Waals surface area (Å²) in [6, 6.07) is 0. The average molecular weight is 973 g/mol. The van der Waals surface area contributed by atoms with Crippen LogP contribution < -0.4 is 0 Å². The fourth-order valence-electron chi connectivity index (χ4n) is 14.8. The Hall–Kier alpha value is -1.44. The first-order valence-corrected chi connectivity index (χ1v) is 24.7. The lowest BCUT2D eigenvalue weighted by Crippen LogP contribution is -2.67. The Labute approximate surface area is 398 Å². The van der Waals surface area contributed by atoms with Crippen LogP contribution in [0.25, 0.3) is 0 Å². The summed E-state index contributed by atoms with van der Waals surface area (Å²) >= 11 is 0. The van der Waals surface area contributed by atoms with Crippen molar-refractivity contribution >= 4 is 0 Å². The van der Waals surface area contributed by atoms with E-state index in [1.54, 1.807) is 7.11 Å². The van der Waals surface area contributed by atoms with Gasteiger partial charge in [-0.05, 0) is 97.5 Å². The summed E-state index contributed by atoms with van der Waals surface area (Å²) in [5.41, 5.74) is -0.884. The van der Waals surface area contributed by atoms with Gasteiger partial charge < -0.3 is 94.4 Å². The quantitative estimate of drug-likeness (QED) is 0.116. The van der Waals surface area contributed by atoms with Gasteiger partial charge in [0.1, 0.15) is 72.9 Å². The molecule has 0 aromatic rings. The molecule has 3 saturated heterocycles. The zero-order valence-electron chi connectivity index (χ0n) is 40.8. The van der Waals surface area contributed by atoms with Gasteiger partial charge in [0, 0.05) is 23.4 Å². The molecule has 0 unspecified atom stereocenters. The summed E-state index contributed by atoms with van der Waals surface area (Å²) in [5, 5.41) is 130. The van der Waals surface area contributed by atoms with E-state index in [2.05, 4.69) is 47.6 Å². The Bertz CT molecular complexity index is 1880. The smallest absolute Gasteiger partial charge is 0.187 e. The third-order valence-corrected chi connectivity index (χ3v) is 19.3. The van der Waals surface area contributed by atoms with E-state index >= 15 is 0 Å². The predicted molar refractivity (Wildman–Crippen MR) is 237 cm³/mol. The fourth-order valence-corrected chi connectivity index (χ4v) is 14.8. The van der Waals surface area contributed by atoms with Gasteiger partial charge in [0.05, 0.1) is 45.2 Å². The molecular weight excluding hydrogens is 893 g/mol. The number of hydrogen-bond donors (Lipinski definition) is 12. The number of aliphatic hydroxyl groups is 12. The van der Waals surface area contributed by atoms with Gasteiger partial charge in [-0.2, -0.15) is 0 Å². The number of fused-ring (bicyclic) bond motifs is 6. The molecule has 0 spiro atoms. The first-order valence-electron chi connectivity index (χ1n) is 24.7. The second-order valence-corrected chi connectivity index (χ2v) is 23.4. The Morgan fingerprint density at radius 2 is 1.29 bits per heavy atom. The van der Waals surface area contributed by atoms with Crippen LogP contribution in [0.2, 0.25) is 0 Å². The summed E-state index contributed by atoms with van der Waals surface area (Å²) in [6.07, 6.45) is -17.6. The molecule has 0 amide bonds. The second kappa shape index (κ2) is 18.8. The molecule has 0 aromatic carbocycles. The Kier molecular flexibility index (Phi) is 14.6. The van der Waals surface area contributed by atoms with Crippen LogP contribution in [0.1, 0.15) is 99.8 Å². The maximum absolute atomic E-state index is 12.2. The molecule has 24 atom stereocenters. The molecule has 0 bridgehead atoms. The Balaban J connectivity index is 1.07. The summed E-state index contributed by atoms with van der Waals surface area (Å²) in [6.45, 7) is 13.3. The number of allylic oxidation sites excluding steroid dienone is 3. The van der Waals surface area contributed by atoms with E-state index in [9.17, 15) is 61.3 Å². The van der Waals surface area contributed by atoms with Crippen LogP contribution in [0.3, 0.4) is 0 Å². The van der Waals surface area contributed by atoms with E-state index in [0.29, 0.717) is 38.5 Å². The topological polar surface area (TPSA) is 307 Å². The van der Waals surface area contributed by atoms with Crippen molar-refractivity contribution < 1.29 is 94.4 Å². The second-order valence-electron chi connectivity index (χ2n) is 23.4. The Morgan fingerprint density at radius 1 is 0.662 bits per heavy atom. The van der Waals surface area contributed by atoms with Crippen LogP contribution in [0.15, 0.2) is 23.0 Å². The van der Waals surface area contributed by atoms with E-state index in [1.165, 1.54) is 6.92 Å². The minimum absolute atomic E-state index is 0.000577. The van der Waals surface area contributed by atoms with Gasteiger partial charge in [0.25, 0.3) is 0 Å². The van der Waals surface area contributed by atoms with Crippen LogP contribution in [0.4, 0.5) is 0 Å². The SMILES string of the molecule is COC1=CC2=C3C[C@](C)(CO)CC[C@]3(CO)[C@@H](O)C[C@@]2(C)[C@]2(C)CC[C@H]3C(C)(C)[C@@H](O[C@@H]4O[C@H](CO[C@@H]5O[C@H](CO)[C@@H](O)[C@H](O)[C@H]5O)[C@H](O[C@@H]5O[C@@H](C)[C@H](O)[C@@H](O)[C@H]5O)[C@H](O)[C@H]4O)CC[C@]3(C)[C@@H]12. The summed E-state index contributed by atoms with van der Waals surface area (Å²) < 4.78 is 42.7. The highest BCUT2D eigenvalue weighted by Gasteiger charge is 2.70. The molecule has 5 aliphatic carbocycles. The van der Waals surface area contributed by atoms with Crippen molar-refractivity contribution in [3.63, 3.8) is 0 Å². The first kappa shape index (κ1) is 52.9. The minimum atomic E-state index is -1.78. The van der Waals surface area contributed by atoms with E-state index in [4.69, 9.17) is 33.2 Å². The molecule has 3 aliphatic heterocycles. The highest BCUT2D eigenvalue weighted by molar-refractivity contribution is 5.48. The average Bonchev–Trinajstić information content (AvgIpc) is 3.30. The third kappa shape index (κ3) is 8.09. The maximum atomic E-state index is 12.2. The largest absolute Gasteiger partial charge is 0.501 e. The molecule has 0 aromatic heterocycles. The van der Waals surface area contributed by atoms with Gasteiger partial charge >= 0.3 is 0 Å². The Morgan fingerprint density at radius 3 is 1.94 bits per heavy atom. The molecule has 8 rings (SSSR count). The van der Waals surface area contributed by atoms with Crippen molar-refractivity contribution in [2.75, 3.05) is 33.5 Å². The molecule has 19 nitrogen and oxygen atoms in total. The molecule has 390 valence electrons. The lowest BCUT2D eigenvalue weighted by molar-refractivity contribution is -0.373. The minimum Gasteiger partial charge on any atom is -0.501 e. The third-order valence-electron chi connectivity index (χ3n) is 19.3. The van der Waals surface area contributed by atoms with Crippen molar-refractivity contribution in [3.8, 4) is 0 Å². The number of methoxy groups -OCH3 is 1. The van der Waals surface area contributed by atoms with Crippen LogP contribution >= 0.6 is 0 Å². The molecular formula is C49H80O19. The highest BCUT2D eigenvalue weighted by Crippen LogP contribution is 2.75. The molecule has 3 heterocycles. The molecule has 6 fully saturated rings. The van der Waals surface area contributed by atoms with Crippen LogP contribution in [0.5, 0.6) is 0 Å². The molecule has 8 aliphatic rings. The van der Waals surface area contributed by atoms with Crippen molar-refractivity contribution in [2.24, 2.45) is 44.3 Å². The van der Waals surface area contributed by atoms with E-state index in [0.717, 1.165) is 29.7 Å². The van der Waals surface area contributed by atoms with Gasteiger partial charge in [-0.3, -0.25) is 0 Å². The van der Waals surface area contributed by atoms with Gasteiger partial charge in [0.15, 0.2) is 18.9 Å². The maximum Gasteiger partial charge on any atom is 0.187 e. The summed E-state index contributed by atoms with van der Waals surface area (Å²) in [4.78, 5) is 0. The number of rotatable bonds is 11. The summed E-state index contributed by atoms with van der Waals surface area (Å²) in [7, 11) is 1.71. The molecule has 3 saturated carbocycles. The fraction of sp³-hybridized carbons (Fsp3) is 0.918. The zero-order valence-corrected chi connectivity index (χ0v) is 40.8. The van der Waals surface area contributed by atoms with E-state index in [-0.39, 0.29) is 35.9 Å².